The molecule has 0 spiro atoms. The molecule has 0 heterocycles. The average molecular weight is 1120 g/mol. The van der Waals surface area contributed by atoms with Crippen molar-refractivity contribution < 1.29 is 210 Å². The Hall–Kier alpha value is 8.78. The minimum Gasteiger partial charge on any atom is -0.870 e. The van der Waals surface area contributed by atoms with Crippen LogP contribution in [0.5, 0.6) is 0 Å². The molecular weight excluding hydrogens is 1080 g/mol. The zero-order valence-electron chi connectivity index (χ0n) is 28.4. The SMILES string of the molecule is O.O=S(=O)([O-])[O-].O=S(=O)([O-])[O-].[Al+3].[Al+3].[Al+3].[Al+3].[Al+3].[Mg+2].[Mg+2].[Mg+2].[Mg+2].[Mg+2].[Mg+2].[Mg+2].[Mg+2].[Mg+2].[Mg+2].[OH-].[OH-].[OH-].[OH-].[OH-].[OH-].[OH-].[OH-].[OH-].[OH-].[OH-].[OH-].[OH-].[OH-].[OH-].[OH-].[OH-].[OH-].[OH-].[OH-].[OH-].[OH-].[OH-].[OH-].[OH-].[OH-].[OH-].[OH-].[OH-].[OH-].[OH-]. The van der Waals surface area contributed by atoms with Gasteiger partial charge in [-0.05, 0) is 0 Å². The van der Waals surface area contributed by atoms with Gasteiger partial charge in [-0.2, -0.15) is 0 Å². The molecule has 0 fully saturated rings. The summed E-state index contributed by atoms with van der Waals surface area (Å²) in [4.78, 5) is 0. The fraction of sp³-hybridized carbons (Fsp3) is 0. The van der Waals surface area contributed by atoms with Crippen molar-refractivity contribution in [2.45, 2.75) is 0 Å². The van der Waals surface area contributed by atoms with Crippen molar-refractivity contribution >= 4 is 338 Å². The molecule has 0 saturated carbocycles. The summed E-state index contributed by atoms with van der Waals surface area (Å²) in [5, 5.41) is 0. The average Bonchev–Trinajstić information content (AvgIpc) is 1.12. The van der Waals surface area contributed by atoms with Crippen molar-refractivity contribution in [2.75, 3.05) is 0 Å². The van der Waals surface area contributed by atoms with Gasteiger partial charge in [-0.3, -0.25) is 16.8 Å². The van der Waals surface area contributed by atoms with Gasteiger partial charge in [-0.25, -0.2) is 0 Å². The molecule has 0 bridgehead atoms. The van der Waals surface area contributed by atoms with E-state index in [9.17, 15) is 0 Å². The zero-order valence-corrected chi connectivity index (χ0v) is 50.0. The van der Waals surface area contributed by atoms with Crippen molar-refractivity contribution in [3.05, 3.63) is 0 Å². The smallest absolute Gasteiger partial charge is 0.870 e. The van der Waals surface area contributed by atoms with Crippen molar-refractivity contribution in [2.24, 2.45) is 0 Å². The first kappa shape index (κ1) is 980. The Labute approximate surface area is 539 Å². The third-order valence-corrected chi connectivity index (χ3v) is 0. The van der Waals surface area contributed by atoms with Gasteiger partial charge in [-0.1, -0.05) is 0 Å². The van der Waals surface area contributed by atoms with Gasteiger partial charge >= 0.3 is 317 Å². The van der Waals surface area contributed by atoms with Gasteiger partial charge in [-0.15, -0.1) is 0 Å². The summed E-state index contributed by atoms with van der Waals surface area (Å²) >= 11 is 0. The van der Waals surface area contributed by atoms with Crippen molar-refractivity contribution in [1.82, 2.24) is 0 Å². The standard InChI is InChI=1S/5Al.10Mg.2H2O4S.32H2O/c;;;;;;;;;;;;;;;2*1-5(2,3)4;;;;;;;;;;;;;;;;;;;;;;;;;;;;;;;;/h;;;;;;;;;;;;;;;2*(H2,1,2,3,4);32*1H2/q5*+3;10*+2;;;;;;;;;;;;;;;;;;;;;;;;;;;;;;;;;;/p-35. The first-order valence-electron chi connectivity index (χ1n) is 1.33. The first-order chi connectivity index (χ1) is 4.00. The molecule has 0 radical (unpaired) electrons. The second-order valence-electron chi connectivity index (χ2n) is 0.816. The van der Waals surface area contributed by atoms with Crippen LogP contribution in [0.25, 0.3) is 0 Å². The summed E-state index contributed by atoms with van der Waals surface area (Å²) in [5.74, 6) is 0. The topological polar surface area (TPSA) is 1120 Å². The van der Waals surface area contributed by atoms with Gasteiger partial charge in [0, 0.05) is 20.8 Å². The fourth-order valence-corrected chi connectivity index (χ4v) is 0. The maximum Gasteiger partial charge on any atom is 3.00 e. The fourth-order valence-electron chi connectivity index (χ4n) is 0. The van der Waals surface area contributed by atoms with E-state index in [1.54, 1.807) is 0 Å². The molecule has 0 unspecified atom stereocenters. The molecule has 33 N–H and O–H groups in total. The quantitative estimate of drug-likeness (QED) is 0.123. The second-order valence-corrected chi connectivity index (χ2v) is 2.45. The predicted molar refractivity (Wildman–Crippen MR) is 171 cm³/mol. The van der Waals surface area contributed by atoms with Crippen LogP contribution in [-0.4, -0.2) is 528 Å². The van der Waals surface area contributed by atoms with E-state index in [2.05, 4.69) is 0 Å². The number of hydrogen-bond donors (Lipinski definition) is 0. The normalized spacial score (nSPS) is 2.04. The minimum atomic E-state index is -5.17. The summed E-state index contributed by atoms with van der Waals surface area (Å²) in [6.45, 7) is 0. The van der Waals surface area contributed by atoms with E-state index >= 15 is 0 Å². The molecular formula is H33Al5Mg10O40S2. The molecule has 0 aromatic carbocycles. The summed E-state index contributed by atoms with van der Waals surface area (Å²) in [6.07, 6.45) is 0. The van der Waals surface area contributed by atoms with Crippen molar-refractivity contribution in [3.63, 3.8) is 0 Å². The van der Waals surface area contributed by atoms with Gasteiger partial charge in [0.1, 0.15) is 0 Å². The predicted octanol–water partition coefficient (Wildman–Crippen LogP) is -14.7. The number of hydrogen-bond acceptors (Lipinski definition) is 39. The molecule has 0 aliphatic rings. The molecule has 0 aliphatic carbocycles. The summed E-state index contributed by atoms with van der Waals surface area (Å²) in [6, 6.07) is 0. The molecule has 0 amide bonds. The van der Waals surface area contributed by atoms with E-state index < -0.39 is 20.8 Å². The molecule has 0 saturated heterocycles. The Morgan fingerprint density at radius 3 is 0.175 bits per heavy atom. The first-order valence-corrected chi connectivity index (χ1v) is 4.00. The second kappa shape index (κ2) is 610. The Balaban J connectivity index is -0.000000000262. The third kappa shape index (κ3) is 3310. The molecule has 0 aromatic rings. The van der Waals surface area contributed by atoms with Gasteiger partial charge in [0.05, 0.1) is 0 Å². The Bertz CT molecular complexity index is 269. The molecule has 0 rings (SSSR count). The Morgan fingerprint density at radius 1 is 0.175 bits per heavy atom. The summed E-state index contributed by atoms with van der Waals surface area (Å²) in [7, 11) is -10.3. The molecule has 0 aliphatic heterocycles. The maximum atomic E-state index is 8.52. The largest absolute Gasteiger partial charge is 3.00 e. The van der Waals surface area contributed by atoms with Crippen LogP contribution in [0, 0.1) is 0 Å². The van der Waals surface area contributed by atoms with Crippen LogP contribution in [0.15, 0.2) is 0 Å². The molecule has 57 heavy (non-hydrogen) atoms. The molecule has 57 heteroatoms. The van der Waals surface area contributed by atoms with Crippen molar-refractivity contribution in [3.8, 4) is 0 Å². The van der Waals surface area contributed by atoms with E-state index in [1.807, 2.05) is 0 Å². The maximum absolute atomic E-state index is 8.52. The van der Waals surface area contributed by atoms with Gasteiger partial charge < -0.3 is 193 Å². The van der Waals surface area contributed by atoms with E-state index in [0.29, 0.717) is 0 Å². The van der Waals surface area contributed by atoms with E-state index in [0.717, 1.165) is 0 Å². The number of rotatable bonds is 0. The Kier molecular flexibility index (Phi) is 10500. The van der Waals surface area contributed by atoms with Gasteiger partial charge in [0.2, 0.25) is 0 Å². The van der Waals surface area contributed by atoms with Crippen molar-refractivity contribution in [1.29, 1.82) is 0 Å². The van der Waals surface area contributed by atoms with Crippen LogP contribution >= 0.6 is 0 Å². The molecule has 320 valence electrons. The van der Waals surface area contributed by atoms with Gasteiger partial charge in [0.15, 0.2) is 0 Å². The van der Waals surface area contributed by atoms with Crippen LogP contribution in [0.4, 0.5) is 0 Å². The van der Waals surface area contributed by atoms with Crippen LogP contribution in [0.1, 0.15) is 0 Å². The van der Waals surface area contributed by atoms with Crippen LogP contribution in [-0.2, 0) is 20.8 Å². The zero-order chi connectivity index (χ0) is 9.00. The van der Waals surface area contributed by atoms with Crippen LogP contribution in [0.2, 0.25) is 0 Å². The molecule has 40 nitrogen and oxygen atoms in total. The van der Waals surface area contributed by atoms with Crippen LogP contribution in [0.3, 0.4) is 0 Å². The van der Waals surface area contributed by atoms with E-state index in [1.165, 1.54) is 0 Å². The molecule has 0 aromatic heterocycles. The Morgan fingerprint density at radius 2 is 0.175 bits per heavy atom. The minimum absolute atomic E-state index is 0. The summed E-state index contributed by atoms with van der Waals surface area (Å²) in [5.41, 5.74) is 0. The summed E-state index contributed by atoms with van der Waals surface area (Å²) < 4.78 is 68.2. The van der Waals surface area contributed by atoms with E-state index in [-0.39, 0.29) is 493 Å². The van der Waals surface area contributed by atoms with Crippen LogP contribution < -0.4 is 0 Å². The molecule has 0 atom stereocenters. The third-order valence-electron chi connectivity index (χ3n) is 0. The monoisotopic (exact) mass is 1110 g/mol. The van der Waals surface area contributed by atoms with Gasteiger partial charge in [0.25, 0.3) is 0 Å². The van der Waals surface area contributed by atoms with E-state index in [4.69, 9.17) is 35.0 Å².